The maximum Gasteiger partial charge on any atom is 0.279 e. The molecule has 25 heavy (non-hydrogen) atoms. The molecule has 1 aliphatic heterocycles. The van der Waals surface area contributed by atoms with Crippen molar-refractivity contribution in [1.82, 2.24) is 4.90 Å². The molecular formula is C19H30N3O2S+. The Hall–Kier alpha value is -1.53. The fraction of sp³-hybridized carbons (Fsp3) is 0.579. The summed E-state index contributed by atoms with van der Waals surface area (Å²) in [5.74, 6) is 0.110. The Morgan fingerprint density at radius 1 is 1.28 bits per heavy atom. The molecule has 138 valence electrons. The summed E-state index contributed by atoms with van der Waals surface area (Å²) >= 11 is 1.61. The Morgan fingerprint density at radius 3 is 2.76 bits per heavy atom. The zero-order valence-corrected chi connectivity index (χ0v) is 16.3. The summed E-state index contributed by atoms with van der Waals surface area (Å²) in [5.41, 5.74) is 0.834. The number of benzene rings is 1. The number of para-hydroxylation sites is 1. The number of amides is 2. The summed E-state index contributed by atoms with van der Waals surface area (Å²) in [5, 5.41) is 2.96. The number of carbonyl (C=O) groups excluding carboxylic acids is 2. The van der Waals surface area contributed by atoms with Gasteiger partial charge in [0.25, 0.3) is 11.8 Å². The van der Waals surface area contributed by atoms with Gasteiger partial charge in [0, 0.05) is 17.5 Å². The largest absolute Gasteiger partial charge is 0.335 e. The Morgan fingerprint density at radius 2 is 2.04 bits per heavy atom. The summed E-state index contributed by atoms with van der Waals surface area (Å²) < 4.78 is 0. The summed E-state index contributed by atoms with van der Waals surface area (Å²) in [6.45, 7) is 3.66. The van der Waals surface area contributed by atoms with Crippen molar-refractivity contribution >= 4 is 29.3 Å². The molecule has 1 aromatic rings. The monoisotopic (exact) mass is 364 g/mol. The Kier molecular flexibility index (Phi) is 7.78. The number of quaternary nitrogens is 1. The molecular weight excluding hydrogens is 334 g/mol. The molecule has 5 nitrogen and oxygen atoms in total. The number of nitrogens with zero attached hydrogens (tertiary/aromatic N) is 1. The van der Waals surface area contributed by atoms with Gasteiger partial charge in [0.05, 0.1) is 12.7 Å². The van der Waals surface area contributed by atoms with E-state index in [4.69, 9.17) is 0 Å². The van der Waals surface area contributed by atoms with Gasteiger partial charge in [0.2, 0.25) is 0 Å². The minimum Gasteiger partial charge on any atom is -0.335 e. The van der Waals surface area contributed by atoms with Gasteiger partial charge in [0.1, 0.15) is 0 Å². The lowest BCUT2D eigenvalue weighted by Crippen LogP contribution is -3.11. The van der Waals surface area contributed by atoms with E-state index in [2.05, 4.69) is 12.2 Å². The number of rotatable bonds is 7. The van der Waals surface area contributed by atoms with E-state index in [-0.39, 0.29) is 11.8 Å². The van der Waals surface area contributed by atoms with Gasteiger partial charge in [-0.05, 0) is 44.1 Å². The van der Waals surface area contributed by atoms with Gasteiger partial charge in [-0.25, -0.2) is 0 Å². The van der Waals surface area contributed by atoms with Crippen molar-refractivity contribution in [2.24, 2.45) is 0 Å². The van der Waals surface area contributed by atoms with Gasteiger partial charge >= 0.3 is 0 Å². The predicted octanol–water partition coefficient (Wildman–Crippen LogP) is 1.65. The molecule has 0 bridgehead atoms. The lowest BCUT2D eigenvalue weighted by molar-refractivity contribution is -0.862. The van der Waals surface area contributed by atoms with E-state index in [0.29, 0.717) is 19.1 Å². The Labute approximate surface area is 155 Å². The van der Waals surface area contributed by atoms with Crippen LogP contribution in [0.3, 0.4) is 0 Å². The highest BCUT2D eigenvalue weighted by atomic mass is 32.2. The number of thioether (sulfide) groups is 1. The fourth-order valence-corrected chi connectivity index (χ4v) is 3.95. The smallest absolute Gasteiger partial charge is 0.279 e. The van der Waals surface area contributed by atoms with E-state index in [9.17, 15) is 9.59 Å². The van der Waals surface area contributed by atoms with Crippen molar-refractivity contribution in [2.75, 3.05) is 38.3 Å². The van der Waals surface area contributed by atoms with Crippen molar-refractivity contribution in [1.29, 1.82) is 0 Å². The molecule has 2 atom stereocenters. The van der Waals surface area contributed by atoms with Crippen LogP contribution < -0.4 is 10.2 Å². The van der Waals surface area contributed by atoms with Crippen LogP contribution in [-0.4, -0.2) is 55.7 Å². The van der Waals surface area contributed by atoms with E-state index in [1.54, 1.807) is 11.8 Å². The Balaban J connectivity index is 1.85. The molecule has 0 spiro atoms. The normalized spacial score (nSPS) is 18.7. The predicted molar refractivity (Wildman–Crippen MR) is 103 cm³/mol. The van der Waals surface area contributed by atoms with Gasteiger partial charge in [0.15, 0.2) is 13.1 Å². The maximum atomic E-state index is 12.6. The van der Waals surface area contributed by atoms with Crippen molar-refractivity contribution < 1.29 is 14.5 Å². The van der Waals surface area contributed by atoms with E-state index in [1.165, 1.54) is 6.42 Å². The molecule has 2 N–H and O–H groups in total. The van der Waals surface area contributed by atoms with Crippen molar-refractivity contribution in [3.05, 3.63) is 24.3 Å². The number of anilines is 1. The molecule has 6 heteroatoms. The number of piperidine rings is 1. The number of hydrogen-bond donors (Lipinski definition) is 2. The average Bonchev–Trinajstić information content (AvgIpc) is 2.61. The highest BCUT2D eigenvalue weighted by Gasteiger charge is 2.27. The third-order valence-corrected chi connectivity index (χ3v) is 5.51. The molecule has 0 saturated carbocycles. The topological polar surface area (TPSA) is 53.9 Å². The van der Waals surface area contributed by atoms with Gasteiger partial charge in [-0.3, -0.25) is 9.59 Å². The summed E-state index contributed by atoms with van der Waals surface area (Å²) in [6.07, 6.45) is 6.41. The lowest BCUT2D eigenvalue weighted by atomic mass is 10.00. The van der Waals surface area contributed by atoms with Gasteiger partial charge in [-0.15, -0.1) is 11.8 Å². The highest BCUT2D eigenvalue weighted by Crippen LogP contribution is 2.24. The van der Waals surface area contributed by atoms with Crippen LogP contribution in [0.15, 0.2) is 29.2 Å². The quantitative estimate of drug-likeness (QED) is 0.724. The molecule has 2 rings (SSSR count). The third-order valence-electron chi connectivity index (χ3n) is 4.72. The molecule has 0 aromatic heterocycles. The molecule has 1 fully saturated rings. The SMILES string of the molecule is CC[C@H]1CCCCN1C(=O)C[NH+](C)CC(=O)Nc1ccccc1SC. The van der Waals surface area contributed by atoms with Gasteiger partial charge < -0.3 is 15.1 Å². The molecule has 1 aromatic carbocycles. The van der Waals surface area contributed by atoms with Crippen LogP contribution in [0.5, 0.6) is 0 Å². The number of nitrogens with one attached hydrogen (secondary N) is 2. The van der Waals surface area contributed by atoms with Crippen molar-refractivity contribution in [3.8, 4) is 0 Å². The van der Waals surface area contributed by atoms with Crippen molar-refractivity contribution in [3.63, 3.8) is 0 Å². The first kappa shape index (κ1) is 19.8. The third kappa shape index (κ3) is 5.75. The van der Waals surface area contributed by atoms with E-state index in [0.717, 1.165) is 41.3 Å². The summed E-state index contributed by atoms with van der Waals surface area (Å²) in [6, 6.07) is 8.14. The number of hydrogen-bond acceptors (Lipinski definition) is 3. The zero-order valence-electron chi connectivity index (χ0n) is 15.5. The van der Waals surface area contributed by atoms with Crippen molar-refractivity contribution in [2.45, 2.75) is 43.5 Å². The molecule has 1 heterocycles. The lowest BCUT2D eigenvalue weighted by Gasteiger charge is -2.35. The van der Waals surface area contributed by atoms with Crippen LogP contribution in [-0.2, 0) is 9.59 Å². The van der Waals surface area contributed by atoms with Crippen LogP contribution in [0.2, 0.25) is 0 Å². The van der Waals surface area contributed by atoms with Crippen LogP contribution in [0.25, 0.3) is 0 Å². The number of likely N-dealkylation sites (N-methyl/N-ethyl adjacent to an activating group) is 1. The van der Waals surface area contributed by atoms with Crippen LogP contribution in [0.4, 0.5) is 5.69 Å². The second-order valence-electron chi connectivity index (χ2n) is 6.70. The van der Waals surface area contributed by atoms with E-state index >= 15 is 0 Å². The van der Waals surface area contributed by atoms with E-state index < -0.39 is 0 Å². The second-order valence-corrected chi connectivity index (χ2v) is 7.55. The molecule has 1 unspecified atom stereocenters. The van der Waals surface area contributed by atoms with Gasteiger partial charge in [-0.2, -0.15) is 0 Å². The van der Waals surface area contributed by atoms with Crippen LogP contribution in [0, 0.1) is 0 Å². The Bertz CT molecular complexity index is 594. The number of likely N-dealkylation sites (tertiary alicyclic amines) is 1. The summed E-state index contributed by atoms with van der Waals surface area (Å²) in [7, 11) is 1.91. The highest BCUT2D eigenvalue weighted by molar-refractivity contribution is 7.98. The minimum absolute atomic E-state index is 0.0579. The molecule has 2 amide bonds. The standard InChI is InChI=1S/C19H29N3O2S/c1-4-15-9-7-8-12-22(15)19(24)14-21(2)13-18(23)20-16-10-5-6-11-17(16)25-3/h5-6,10-11,15H,4,7-9,12-14H2,1-3H3,(H,20,23)/p+1/t15-/m0/s1. The van der Waals surface area contributed by atoms with E-state index in [1.807, 2.05) is 42.5 Å². The molecule has 1 aliphatic rings. The van der Waals surface area contributed by atoms with Crippen LogP contribution in [0.1, 0.15) is 32.6 Å². The molecule has 1 saturated heterocycles. The first-order valence-electron chi connectivity index (χ1n) is 9.08. The fourth-order valence-electron chi connectivity index (χ4n) is 3.39. The molecule has 0 aliphatic carbocycles. The first-order chi connectivity index (χ1) is 12.0. The first-order valence-corrected chi connectivity index (χ1v) is 10.3. The second kappa shape index (κ2) is 9.82. The minimum atomic E-state index is -0.0579. The average molecular weight is 365 g/mol. The summed E-state index contributed by atoms with van der Waals surface area (Å²) in [4.78, 5) is 28.9. The van der Waals surface area contributed by atoms with Crippen LogP contribution >= 0.6 is 11.8 Å². The molecule has 0 radical (unpaired) electrons. The zero-order chi connectivity index (χ0) is 18.2. The maximum absolute atomic E-state index is 12.6. The van der Waals surface area contributed by atoms with Gasteiger partial charge in [-0.1, -0.05) is 19.1 Å². The number of carbonyl (C=O) groups is 2.